The highest BCUT2D eigenvalue weighted by atomic mass is 16.4. The maximum atomic E-state index is 11.9. The first-order valence-electron chi connectivity index (χ1n) is 4.78. The minimum absolute atomic E-state index is 0.373. The van der Waals surface area contributed by atoms with Crippen molar-refractivity contribution < 1.29 is 9.90 Å². The van der Waals surface area contributed by atoms with Crippen molar-refractivity contribution in [3.63, 3.8) is 0 Å². The van der Waals surface area contributed by atoms with Crippen LogP contribution in [-0.4, -0.2) is 15.5 Å². The molecule has 5 heteroatoms. The van der Waals surface area contributed by atoms with Crippen LogP contribution in [-0.2, 0) is 4.79 Å². The maximum absolute atomic E-state index is 11.9. The number of para-hydroxylation sites is 1. The van der Waals surface area contributed by atoms with Gasteiger partial charge in [-0.2, -0.15) is 0 Å². The number of fused-ring (bicyclic) bond motifs is 1. The number of carbonyl (C=O) groups is 1. The van der Waals surface area contributed by atoms with Crippen LogP contribution in [0.3, 0.4) is 0 Å². The minimum atomic E-state index is -1.31. The Hall–Kier alpha value is -2.17. The van der Waals surface area contributed by atoms with E-state index in [1.54, 1.807) is 24.3 Å². The number of carboxylic acid groups (broad SMARTS) is 1. The van der Waals surface area contributed by atoms with E-state index in [0.29, 0.717) is 10.9 Å². The number of hydrogen-bond donors (Lipinski definition) is 0. The van der Waals surface area contributed by atoms with Crippen LogP contribution in [0.25, 0.3) is 10.9 Å². The topological polar surface area (TPSA) is 75.0 Å². The zero-order valence-electron chi connectivity index (χ0n) is 8.58. The van der Waals surface area contributed by atoms with Crippen molar-refractivity contribution in [2.24, 2.45) is 0 Å². The number of carboxylic acids is 1. The standard InChI is InChI=1S/C11H10N2O3/c1-7(11(15)16)13-6-12-9-5-3-2-4-8(9)10(13)14/h2-7H,1H3,(H,15,16)/p-1/t7-/m1/s1. The molecule has 82 valence electrons. The van der Waals surface area contributed by atoms with Gasteiger partial charge >= 0.3 is 0 Å². The van der Waals surface area contributed by atoms with Crippen molar-refractivity contribution in [1.29, 1.82) is 0 Å². The van der Waals surface area contributed by atoms with Crippen molar-refractivity contribution in [2.45, 2.75) is 13.0 Å². The molecule has 0 aliphatic heterocycles. The van der Waals surface area contributed by atoms with Crippen molar-refractivity contribution in [2.75, 3.05) is 0 Å². The van der Waals surface area contributed by atoms with Crippen LogP contribution in [0, 0.1) is 0 Å². The van der Waals surface area contributed by atoms with Crippen LogP contribution in [0.5, 0.6) is 0 Å². The maximum Gasteiger partial charge on any atom is 0.261 e. The zero-order chi connectivity index (χ0) is 11.7. The number of benzene rings is 1. The van der Waals surface area contributed by atoms with Crippen molar-refractivity contribution in [3.05, 3.63) is 40.9 Å². The normalized spacial score (nSPS) is 12.6. The van der Waals surface area contributed by atoms with Gasteiger partial charge in [0.25, 0.3) is 5.56 Å². The van der Waals surface area contributed by atoms with Gasteiger partial charge in [0.15, 0.2) is 0 Å². The largest absolute Gasteiger partial charge is 0.548 e. The van der Waals surface area contributed by atoms with Crippen LogP contribution < -0.4 is 10.7 Å². The van der Waals surface area contributed by atoms with Gasteiger partial charge in [0.1, 0.15) is 0 Å². The van der Waals surface area contributed by atoms with Gasteiger partial charge in [-0.1, -0.05) is 12.1 Å². The lowest BCUT2D eigenvalue weighted by atomic mass is 10.2. The number of nitrogens with zero attached hydrogens (tertiary/aromatic N) is 2. The zero-order valence-corrected chi connectivity index (χ0v) is 8.58. The van der Waals surface area contributed by atoms with E-state index in [2.05, 4.69) is 4.98 Å². The van der Waals surface area contributed by atoms with Gasteiger partial charge < -0.3 is 9.90 Å². The SMILES string of the molecule is C[C@H](C(=O)[O-])n1cnc2ccccc2c1=O. The third kappa shape index (κ3) is 1.56. The van der Waals surface area contributed by atoms with E-state index < -0.39 is 12.0 Å². The lowest BCUT2D eigenvalue weighted by molar-refractivity contribution is -0.309. The van der Waals surface area contributed by atoms with Gasteiger partial charge in [-0.3, -0.25) is 9.36 Å². The summed E-state index contributed by atoms with van der Waals surface area (Å²) in [5.41, 5.74) is 0.177. The summed E-state index contributed by atoms with van der Waals surface area (Å²) in [6.07, 6.45) is 1.23. The molecule has 2 rings (SSSR count). The van der Waals surface area contributed by atoms with Crippen LogP contribution in [0.4, 0.5) is 0 Å². The molecular weight excluding hydrogens is 208 g/mol. The molecule has 1 heterocycles. The minimum Gasteiger partial charge on any atom is -0.548 e. The molecule has 0 unspecified atom stereocenters. The molecule has 16 heavy (non-hydrogen) atoms. The molecule has 1 atom stereocenters. The Balaban J connectivity index is 2.70. The second-order valence-electron chi connectivity index (χ2n) is 3.47. The van der Waals surface area contributed by atoms with Crippen LogP contribution in [0.15, 0.2) is 35.4 Å². The Morgan fingerprint density at radius 2 is 2.12 bits per heavy atom. The lowest BCUT2D eigenvalue weighted by Crippen LogP contribution is -2.36. The van der Waals surface area contributed by atoms with E-state index in [-0.39, 0.29) is 5.56 Å². The number of carbonyl (C=O) groups excluding carboxylic acids is 1. The smallest absolute Gasteiger partial charge is 0.261 e. The van der Waals surface area contributed by atoms with E-state index in [0.717, 1.165) is 4.57 Å². The molecule has 5 nitrogen and oxygen atoms in total. The van der Waals surface area contributed by atoms with E-state index in [9.17, 15) is 14.7 Å². The van der Waals surface area contributed by atoms with E-state index >= 15 is 0 Å². The summed E-state index contributed by atoms with van der Waals surface area (Å²) in [5.74, 6) is -1.31. The Labute approximate surface area is 91.0 Å². The molecular formula is C11H9N2O3-. The summed E-state index contributed by atoms with van der Waals surface area (Å²) in [5, 5.41) is 11.1. The number of rotatable bonds is 2. The highest BCUT2D eigenvalue weighted by Gasteiger charge is 2.09. The van der Waals surface area contributed by atoms with Crippen LogP contribution >= 0.6 is 0 Å². The van der Waals surface area contributed by atoms with Crippen molar-refractivity contribution in [1.82, 2.24) is 9.55 Å². The van der Waals surface area contributed by atoms with Crippen LogP contribution in [0.1, 0.15) is 13.0 Å². The molecule has 0 aliphatic rings. The summed E-state index contributed by atoms with van der Waals surface area (Å²) >= 11 is 0. The summed E-state index contributed by atoms with van der Waals surface area (Å²) in [6, 6.07) is 5.76. The molecule has 2 aromatic rings. The Kier molecular flexibility index (Phi) is 2.44. The number of hydrogen-bond acceptors (Lipinski definition) is 4. The van der Waals surface area contributed by atoms with Gasteiger partial charge in [-0.15, -0.1) is 0 Å². The molecule has 0 saturated carbocycles. The highest BCUT2D eigenvalue weighted by Crippen LogP contribution is 2.07. The van der Waals surface area contributed by atoms with Crippen molar-refractivity contribution >= 4 is 16.9 Å². The third-order valence-electron chi connectivity index (χ3n) is 2.45. The summed E-state index contributed by atoms with van der Waals surface area (Å²) in [7, 11) is 0. The molecule has 0 saturated heterocycles. The molecule has 0 radical (unpaired) electrons. The molecule has 0 bridgehead atoms. The average molecular weight is 217 g/mol. The predicted octanol–water partition coefficient (Wildman–Crippen LogP) is -0.293. The fourth-order valence-electron chi connectivity index (χ4n) is 1.47. The molecule has 1 aromatic carbocycles. The molecule has 0 aliphatic carbocycles. The van der Waals surface area contributed by atoms with Gasteiger partial charge in [-0.05, 0) is 19.1 Å². The molecule has 0 amide bonds. The summed E-state index contributed by atoms with van der Waals surface area (Å²) in [4.78, 5) is 26.6. The first kappa shape index (κ1) is 10.4. The van der Waals surface area contributed by atoms with Crippen LogP contribution in [0.2, 0.25) is 0 Å². The highest BCUT2D eigenvalue weighted by molar-refractivity contribution is 5.77. The van der Waals surface area contributed by atoms with Gasteiger partial charge in [-0.25, -0.2) is 4.98 Å². The van der Waals surface area contributed by atoms with Gasteiger partial charge in [0.2, 0.25) is 0 Å². The van der Waals surface area contributed by atoms with Crippen molar-refractivity contribution in [3.8, 4) is 0 Å². The quantitative estimate of drug-likeness (QED) is 0.692. The lowest BCUT2D eigenvalue weighted by Gasteiger charge is -2.15. The first-order valence-corrected chi connectivity index (χ1v) is 4.78. The number of aromatic nitrogens is 2. The predicted molar refractivity (Wildman–Crippen MR) is 55.7 cm³/mol. The molecule has 0 N–H and O–H groups in total. The van der Waals surface area contributed by atoms with Gasteiger partial charge in [0, 0.05) is 0 Å². The second kappa shape index (κ2) is 3.77. The molecule has 0 fully saturated rings. The van der Waals surface area contributed by atoms with E-state index in [4.69, 9.17) is 0 Å². The fraction of sp³-hybridized carbons (Fsp3) is 0.182. The fourth-order valence-corrected chi connectivity index (χ4v) is 1.47. The molecule has 1 aromatic heterocycles. The van der Waals surface area contributed by atoms with E-state index in [1.807, 2.05) is 0 Å². The monoisotopic (exact) mass is 217 g/mol. The Morgan fingerprint density at radius 1 is 1.44 bits per heavy atom. The Bertz CT molecular complexity index is 603. The Morgan fingerprint density at radius 3 is 2.81 bits per heavy atom. The third-order valence-corrected chi connectivity index (χ3v) is 2.45. The number of aliphatic carboxylic acids is 1. The average Bonchev–Trinajstić information content (AvgIpc) is 2.29. The molecule has 0 spiro atoms. The van der Waals surface area contributed by atoms with E-state index in [1.165, 1.54) is 13.3 Å². The van der Waals surface area contributed by atoms with Gasteiger partial charge in [0.05, 0.1) is 29.2 Å². The second-order valence-corrected chi connectivity index (χ2v) is 3.47. The summed E-state index contributed by atoms with van der Waals surface area (Å²) < 4.78 is 1.05. The first-order chi connectivity index (χ1) is 7.61. The summed E-state index contributed by atoms with van der Waals surface area (Å²) in [6.45, 7) is 1.38.